The van der Waals surface area contributed by atoms with Crippen LogP contribution in [0.2, 0.25) is 0 Å². The van der Waals surface area contributed by atoms with Crippen LogP contribution in [0.5, 0.6) is 0 Å². The molecule has 6 nitrogen and oxygen atoms in total. The van der Waals surface area contributed by atoms with Gasteiger partial charge >= 0.3 is 17.9 Å². The summed E-state index contributed by atoms with van der Waals surface area (Å²) in [4.78, 5) is 38.0. The summed E-state index contributed by atoms with van der Waals surface area (Å²) in [5.74, 6) is -0.891. The summed E-state index contributed by atoms with van der Waals surface area (Å²) in [5, 5.41) is 0. The second-order valence-corrected chi connectivity index (χ2v) is 19.9. The predicted molar refractivity (Wildman–Crippen MR) is 311 cm³/mol. The Kier molecular flexibility index (Phi) is 56.8. The summed E-state index contributed by atoms with van der Waals surface area (Å²) in [7, 11) is 0. The number of carbonyl (C=O) groups is 3. The molecular weight excluding hydrogens is 889 g/mol. The Hall–Kier alpha value is -3.67. The molecule has 0 aliphatic heterocycles. The lowest BCUT2D eigenvalue weighted by Crippen LogP contribution is -2.30. The van der Waals surface area contributed by atoms with E-state index in [1.807, 2.05) is 0 Å². The Labute approximate surface area is 445 Å². The van der Waals surface area contributed by atoms with E-state index in [0.29, 0.717) is 19.3 Å². The monoisotopic (exact) mass is 1000 g/mol. The van der Waals surface area contributed by atoms with Gasteiger partial charge in [-0.1, -0.05) is 279 Å². The molecule has 0 fully saturated rings. The van der Waals surface area contributed by atoms with Gasteiger partial charge in [0.15, 0.2) is 6.10 Å². The van der Waals surface area contributed by atoms with Gasteiger partial charge in [0, 0.05) is 19.3 Å². The van der Waals surface area contributed by atoms with Crippen molar-refractivity contribution < 1.29 is 28.6 Å². The van der Waals surface area contributed by atoms with Crippen LogP contribution in [-0.4, -0.2) is 37.2 Å². The zero-order valence-electron chi connectivity index (χ0n) is 47.2. The van der Waals surface area contributed by atoms with Crippen molar-refractivity contribution in [2.24, 2.45) is 0 Å². The van der Waals surface area contributed by atoms with E-state index in [-0.39, 0.29) is 31.1 Å². The maximum Gasteiger partial charge on any atom is 0.306 e. The molecule has 0 N–H and O–H groups in total. The highest BCUT2D eigenvalue weighted by atomic mass is 16.6. The third-order valence-electron chi connectivity index (χ3n) is 12.9. The average Bonchev–Trinajstić information content (AvgIpc) is 3.38. The van der Waals surface area contributed by atoms with Crippen LogP contribution in [-0.2, 0) is 28.6 Å². The normalized spacial score (nSPS) is 12.8. The molecule has 0 saturated carbocycles. The Bertz CT molecular complexity index is 1430. The summed E-state index contributed by atoms with van der Waals surface area (Å²) in [6.45, 7) is 6.50. The molecule has 0 rings (SSSR count). The fourth-order valence-corrected chi connectivity index (χ4v) is 8.34. The van der Waals surface area contributed by atoms with Crippen molar-refractivity contribution in [3.05, 3.63) is 97.2 Å². The molecule has 72 heavy (non-hydrogen) atoms. The Balaban J connectivity index is 4.20. The number of rotatable bonds is 54. The van der Waals surface area contributed by atoms with Crippen LogP contribution in [0.1, 0.15) is 284 Å². The third-order valence-corrected chi connectivity index (χ3v) is 12.9. The summed E-state index contributed by atoms with van der Waals surface area (Å²) < 4.78 is 16.8. The molecule has 0 aromatic carbocycles. The van der Waals surface area contributed by atoms with Gasteiger partial charge in [0.05, 0.1) is 0 Å². The minimum Gasteiger partial charge on any atom is -0.462 e. The topological polar surface area (TPSA) is 78.9 Å². The van der Waals surface area contributed by atoms with Crippen molar-refractivity contribution in [1.82, 2.24) is 0 Å². The average molecular weight is 1000 g/mol. The van der Waals surface area contributed by atoms with E-state index < -0.39 is 6.10 Å². The highest BCUT2D eigenvalue weighted by Crippen LogP contribution is 2.16. The molecule has 0 radical (unpaired) electrons. The smallest absolute Gasteiger partial charge is 0.306 e. The number of unbranched alkanes of at least 4 members (excludes halogenated alkanes) is 27. The van der Waals surface area contributed by atoms with Gasteiger partial charge in [-0.15, -0.1) is 0 Å². The first-order valence-corrected chi connectivity index (χ1v) is 30.2. The lowest BCUT2D eigenvalue weighted by molar-refractivity contribution is -0.167. The van der Waals surface area contributed by atoms with Crippen LogP contribution in [0, 0.1) is 0 Å². The van der Waals surface area contributed by atoms with Gasteiger partial charge in [0.25, 0.3) is 0 Å². The fourth-order valence-electron chi connectivity index (χ4n) is 8.34. The van der Waals surface area contributed by atoms with Crippen LogP contribution in [0.4, 0.5) is 0 Å². The second kappa shape index (κ2) is 59.9. The van der Waals surface area contributed by atoms with Gasteiger partial charge in [0.1, 0.15) is 13.2 Å². The van der Waals surface area contributed by atoms with Gasteiger partial charge in [-0.3, -0.25) is 14.4 Å². The maximum absolute atomic E-state index is 12.8. The Morgan fingerprint density at radius 1 is 0.292 bits per heavy atom. The summed E-state index contributed by atoms with van der Waals surface area (Å²) >= 11 is 0. The molecule has 0 saturated heterocycles. The van der Waals surface area contributed by atoms with Crippen molar-refractivity contribution in [3.63, 3.8) is 0 Å². The van der Waals surface area contributed by atoms with E-state index in [1.165, 1.54) is 122 Å². The van der Waals surface area contributed by atoms with Gasteiger partial charge in [-0.25, -0.2) is 0 Å². The molecule has 0 amide bonds. The number of allylic oxidation sites excluding steroid dienone is 16. The maximum atomic E-state index is 12.8. The number of hydrogen-bond acceptors (Lipinski definition) is 6. The van der Waals surface area contributed by atoms with Crippen molar-refractivity contribution in [2.75, 3.05) is 13.2 Å². The van der Waals surface area contributed by atoms with Crippen molar-refractivity contribution >= 4 is 17.9 Å². The number of esters is 3. The molecule has 0 aromatic rings. The summed E-state index contributed by atoms with van der Waals surface area (Å²) in [6, 6.07) is 0. The van der Waals surface area contributed by atoms with Gasteiger partial charge in [-0.2, -0.15) is 0 Å². The summed E-state index contributed by atoms with van der Waals surface area (Å²) in [6.07, 6.45) is 79.9. The molecule has 1 atom stereocenters. The molecule has 0 aromatic heterocycles. The Morgan fingerprint density at radius 3 is 0.847 bits per heavy atom. The van der Waals surface area contributed by atoms with E-state index in [2.05, 4.69) is 118 Å². The van der Waals surface area contributed by atoms with E-state index in [4.69, 9.17) is 14.2 Å². The molecule has 6 heteroatoms. The predicted octanol–water partition coefficient (Wildman–Crippen LogP) is 20.5. The fraction of sp³-hybridized carbons (Fsp3) is 0.712. The minimum absolute atomic E-state index is 0.0787. The number of ether oxygens (including phenoxy) is 3. The first kappa shape index (κ1) is 68.3. The van der Waals surface area contributed by atoms with Crippen LogP contribution < -0.4 is 0 Å². The standard InChI is InChI=1S/C66H112O6/c1-4-7-10-13-16-19-21-23-25-26-27-28-29-30-31-32-33-34-35-36-37-38-39-40-42-43-45-47-50-53-56-59-65(68)71-62-63(61-70-64(67)58-55-52-49-18-15-12-9-6-3)72-66(69)60-57-54-51-48-46-44-41-24-22-20-17-14-11-8-5-2/h7,10,16,19,23,25,27-28,30-31,33-34,36-37,39-40,63H,4-6,8-9,11-15,17-18,20-22,24,26,29,32,35,38,41-62H2,1-3H3/b10-7-,19-16-,25-23-,28-27-,31-30-,34-33-,37-36-,40-39-. The zero-order valence-corrected chi connectivity index (χ0v) is 47.2. The molecule has 0 heterocycles. The van der Waals surface area contributed by atoms with Crippen molar-refractivity contribution in [2.45, 2.75) is 290 Å². The molecule has 1 unspecified atom stereocenters. The largest absolute Gasteiger partial charge is 0.462 e. The highest BCUT2D eigenvalue weighted by molar-refractivity contribution is 5.71. The number of hydrogen-bond donors (Lipinski definition) is 0. The first-order valence-electron chi connectivity index (χ1n) is 30.2. The quantitative estimate of drug-likeness (QED) is 0.0261. The molecule has 0 aliphatic rings. The molecule has 0 bridgehead atoms. The van der Waals surface area contributed by atoms with E-state index >= 15 is 0 Å². The van der Waals surface area contributed by atoms with Crippen LogP contribution >= 0.6 is 0 Å². The molecular formula is C66H112O6. The molecule has 412 valence electrons. The summed E-state index contributed by atoms with van der Waals surface area (Å²) in [5.41, 5.74) is 0. The molecule has 0 spiro atoms. The van der Waals surface area contributed by atoms with E-state index in [0.717, 1.165) is 122 Å². The van der Waals surface area contributed by atoms with E-state index in [1.54, 1.807) is 0 Å². The zero-order chi connectivity index (χ0) is 52.2. The second-order valence-electron chi connectivity index (χ2n) is 19.9. The minimum atomic E-state index is -0.779. The SMILES string of the molecule is CC/C=C\C/C=C\C/C=C\C/C=C\C/C=C\C/C=C\C/C=C\C/C=C\CCCCCCCCC(=O)OCC(COC(=O)CCCCCCCCCC)OC(=O)CCCCCCCCCCCCCCCCC. The van der Waals surface area contributed by atoms with Crippen molar-refractivity contribution in [3.8, 4) is 0 Å². The highest BCUT2D eigenvalue weighted by Gasteiger charge is 2.19. The van der Waals surface area contributed by atoms with Gasteiger partial charge < -0.3 is 14.2 Å². The first-order chi connectivity index (χ1) is 35.5. The lowest BCUT2D eigenvalue weighted by Gasteiger charge is -2.18. The third kappa shape index (κ3) is 57.2. The molecule has 0 aliphatic carbocycles. The van der Waals surface area contributed by atoms with Gasteiger partial charge in [-0.05, 0) is 83.5 Å². The van der Waals surface area contributed by atoms with Crippen LogP contribution in [0.25, 0.3) is 0 Å². The van der Waals surface area contributed by atoms with Gasteiger partial charge in [0.2, 0.25) is 0 Å². The number of carbonyl (C=O) groups excluding carboxylic acids is 3. The van der Waals surface area contributed by atoms with E-state index in [9.17, 15) is 14.4 Å². The van der Waals surface area contributed by atoms with Crippen LogP contribution in [0.15, 0.2) is 97.2 Å². The Morgan fingerprint density at radius 2 is 0.542 bits per heavy atom. The lowest BCUT2D eigenvalue weighted by atomic mass is 10.0. The van der Waals surface area contributed by atoms with Crippen molar-refractivity contribution in [1.29, 1.82) is 0 Å². The van der Waals surface area contributed by atoms with Crippen LogP contribution in [0.3, 0.4) is 0 Å².